The minimum atomic E-state index is -0.361. The number of esters is 1. The summed E-state index contributed by atoms with van der Waals surface area (Å²) in [6.07, 6.45) is 5.22. The minimum Gasteiger partial charge on any atom is -0.465 e. The molecule has 2 aromatic rings. The summed E-state index contributed by atoms with van der Waals surface area (Å²) in [5.74, 6) is -0.361. The number of rotatable bonds is 3. The molecule has 0 amide bonds. The lowest BCUT2D eigenvalue weighted by Gasteiger charge is -2.01. The van der Waals surface area contributed by atoms with Gasteiger partial charge in [0.2, 0.25) is 0 Å². The van der Waals surface area contributed by atoms with E-state index in [1.807, 2.05) is 13.2 Å². The van der Waals surface area contributed by atoms with Crippen LogP contribution in [0.5, 0.6) is 0 Å². The predicted octanol–water partition coefficient (Wildman–Crippen LogP) is 1.75. The minimum absolute atomic E-state index is 0.361. The van der Waals surface area contributed by atoms with E-state index in [0.717, 1.165) is 9.92 Å². The van der Waals surface area contributed by atoms with Gasteiger partial charge in [-0.2, -0.15) is 5.10 Å². The van der Waals surface area contributed by atoms with E-state index in [2.05, 4.69) is 14.8 Å². The molecular formula is C11H11N3O2S. The molecule has 0 fully saturated rings. The van der Waals surface area contributed by atoms with Crippen molar-refractivity contribution in [2.75, 3.05) is 7.11 Å². The molecule has 5 nitrogen and oxygen atoms in total. The molecule has 0 spiro atoms. The first-order chi connectivity index (χ1) is 8.19. The van der Waals surface area contributed by atoms with Gasteiger partial charge >= 0.3 is 5.97 Å². The molecule has 0 aliphatic heterocycles. The monoisotopic (exact) mass is 249 g/mol. The predicted molar refractivity (Wildman–Crippen MR) is 62.9 cm³/mol. The van der Waals surface area contributed by atoms with E-state index in [1.165, 1.54) is 18.9 Å². The van der Waals surface area contributed by atoms with E-state index < -0.39 is 0 Å². The lowest BCUT2D eigenvalue weighted by atomic mass is 10.3. The van der Waals surface area contributed by atoms with Gasteiger partial charge in [0, 0.05) is 19.4 Å². The van der Waals surface area contributed by atoms with Gasteiger partial charge < -0.3 is 4.74 Å². The zero-order valence-corrected chi connectivity index (χ0v) is 10.3. The highest BCUT2D eigenvalue weighted by molar-refractivity contribution is 7.99. The SMILES string of the molecule is COC(=O)c1ccnc(Sc2cnn(C)c2)c1. The van der Waals surface area contributed by atoms with Crippen molar-refractivity contribution in [3.8, 4) is 0 Å². The highest BCUT2D eigenvalue weighted by Crippen LogP contribution is 2.25. The second kappa shape index (κ2) is 5.01. The van der Waals surface area contributed by atoms with Crippen molar-refractivity contribution in [3.05, 3.63) is 36.3 Å². The van der Waals surface area contributed by atoms with Crippen molar-refractivity contribution in [1.82, 2.24) is 14.8 Å². The van der Waals surface area contributed by atoms with Crippen LogP contribution in [-0.2, 0) is 11.8 Å². The van der Waals surface area contributed by atoms with Gasteiger partial charge in [-0.15, -0.1) is 0 Å². The van der Waals surface area contributed by atoms with Crippen molar-refractivity contribution in [1.29, 1.82) is 0 Å². The number of carbonyl (C=O) groups excluding carboxylic acids is 1. The van der Waals surface area contributed by atoms with Crippen LogP contribution in [0.1, 0.15) is 10.4 Å². The highest BCUT2D eigenvalue weighted by Gasteiger charge is 2.07. The van der Waals surface area contributed by atoms with Crippen LogP contribution in [0.4, 0.5) is 0 Å². The van der Waals surface area contributed by atoms with Crippen LogP contribution < -0.4 is 0 Å². The molecular weight excluding hydrogens is 238 g/mol. The van der Waals surface area contributed by atoms with Gasteiger partial charge in [0.25, 0.3) is 0 Å². The van der Waals surface area contributed by atoms with Gasteiger partial charge in [-0.1, -0.05) is 11.8 Å². The topological polar surface area (TPSA) is 57.0 Å². The molecule has 0 N–H and O–H groups in total. The number of carbonyl (C=O) groups is 1. The summed E-state index contributed by atoms with van der Waals surface area (Å²) in [6.45, 7) is 0. The molecule has 0 aliphatic carbocycles. The number of nitrogens with zero attached hydrogens (tertiary/aromatic N) is 3. The fourth-order valence-electron chi connectivity index (χ4n) is 1.28. The van der Waals surface area contributed by atoms with E-state index >= 15 is 0 Å². The molecule has 17 heavy (non-hydrogen) atoms. The number of aromatic nitrogens is 3. The average Bonchev–Trinajstić information content (AvgIpc) is 2.74. The number of hydrogen-bond acceptors (Lipinski definition) is 5. The summed E-state index contributed by atoms with van der Waals surface area (Å²) in [4.78, 5) is 16.5. The van der Waals surface area contributed by atoms with Crippen molar-refractivity contribution in [3.63, 3.8) is 0 Å². The van der Waals surface area contributed by atoms with Crippen LogP contribution in [-0.4, -0.2) is 27.8 Å². The average molecular weight is 249 g/mol. The van der Waals surface area contributed by atoms with Crippen molar-refractivity contribution >= 4 is 17.7 Å². The molecule has 0 radical (unpaired) electrons. The van der Waals surface area contributed by atoms with Crippen LogP contribution in [0.25, 0.3) is 0 Å². The summed E-state index contributed by atoms with van der Waals surface area (Å²) >= 11 is 1.45. The molecule has 2 heterocycles. The first kappa shape index (κ1) is 11.7. The Morgan fingerprint density at radius 2 is 2.35 bits per heavy atom. The molecule has 0 unspecified atom stereocenters. The Morgan fingerprint density at radius 1 is 1.53 bits per heavy atom. The van der Waals surface area contributed by atoms with Gasteiger partial charge in [-0.05, 0) is 12.1 Å². The maximum atomic E-state index is 11.3. The zero-order valence-electron chi connectivity index (χ0n) is 9.45. The Bertz CT molecular complexity index is 539. The Balaban J connectivity index is 2.19. The van der Waals surface area contributed by atoms with Crippen molar-refractivity contribution in [2.45, 2.75) is 9.92 Å². The normalized spacial score (nSPS) is 10.2. The first-order valence-corrected chi connectivity index (χ1v) is 5.71. The Morgan fingerprint density at radius 3 is 3.00 bits per heavy atom. The van der Waals surface area contributed by atoms with Crippen LogP contribution in [0.3, 0.4) is 0 Å². The molecule has 2 rings (SSSR count). The molecule has 0 saturated heterocycles. The van der Waals surface area contributed by atoms with Gasteiger partial charge in [0.05, 0.1) is 23.8 Å². The van der Waals surface area contributed by atoms with Gasteiger partial charge in [0.15, 0.2) is 0 Å². The Hall–Kier alpha value is -1.82. The van der Waals surface area contributed by atoms with Gasteiger partial charge in [0.1, 0.15) is 5.03 Å². The summed E-state index contributed by atoms with van der Waals surface area (Å²) in [6, 6.07) is 3.32. The largest absolute Gasteiger partial charge is 0.465 e. The lowest BCUT2D eigenvalue weighted by Crippen LogP contribution is -2.01. The van der Waals surface area contributed by atoms with E-state index in [0.29, 0.717) is 5.56 Å². The third-order valence-electron chi connectivity index (χ3n) is 2.06. The van der Waals surface area contributed by atoms with Crippen LogP contribution in [0.15, 0.2) is 40.6 Å². The second-order valence-electron chi connectivity index (χ2n) is 3.33. The summed E-state index contributed by atoms with van der Waals surface area (Å²) in [5.41, 5.74) is 0.494. The lowest BCUT2D eigenvalue weighted by molar-refractivity contribution is 0.0600. The van der Waals surface area contributed by atoms with Gasteiger partial charge in [-0.25, -0.2) is 9.78 Å². The Labute approximate surface area is 103 Å². The Kier molecular flexibility index (Phi) is 3.43. The summed E-state index contributed by atoms with van der Waals surface area (Å²) in [7, 11) is 3.21. The fourth-order valence-corrected chi connectivity index (χ4v) is 2.13. The molecule has 0 aromatic carbocycles. The maximum Gasteiger partial charge on any atom is 0.337 e. The zero-order chi connectivity index (χ0) is 12.3. The van der Waals surface area contributed by atoms with Crippen LogP contribution >= 0.6 is 11.8 Å². The van der Waals surface area contributed by atoms with E-state index in [-0.39, 0.29) is 5.97 Å². The summed E-state index contributed by atoms with van der Waals surface area (Å²) < 4.78 is 6.37. The standard InChI is InChI=1S/C11H11N3O2S/c1-14-7-9(6-13-14)17-10-5-8(3-4-12-10)11(15)16-2/h3-7H,1-2H3. The van der Waals surface area contributed by atoms with E-state index in [1.54, 1.807) is 29.2 Å². The highest BCUT2D eigenvalue weighted by atomic mass is 32.2. The molecule has 2 aromatic heterocycles. The number of aryl methyl sites for hydroxylation is 1. The number of ether oxygens (including phenoxy) is 1. The van der Waals surface area contributed by atoms with Crippen LogP contribution in [0, 0.1) is 0 Å². The van der Waals surface area contributed by atoms with E-state index in [9.17, 15) is 4.79 Å². The molecule has 0 saturated carbocycles. The molecule has 6 heteroatoms. The molecule has 0 bridgehead atoms. The van der Waals surface area contributed by atoms with Crippen molar-refractivity contribution in [2.24, 2.45) is 7.05 Å². The molecule has 0 atom stereocenters. The second-order valence-corrected chi connectivity index (χ2v) is 4.42. The smallest absolute Gasteiger partial charge is 0.337 e. The number of methoxy groups -OCH3 is 1. The third kappa shape index (κ3) is 2.85. The van der Waals surface area contributed by atoms with E-state index in [4.69, 9.17) is 0 Å². The first-order valence-electron chi connectivity index (χ1n) is 4.90. The maximum absolute atomic E-state index is 11.3. The molecule has 0 aliphatic rings. The van der Waals surface area contributed by atoms with Crippen LogP contribution in [0.2, 0.25) is 0 Å². The fraction of sp³-hybridized carbons (Fsp3) is 0.182. The number of hydrogen-bond donors (Lipinski definition) is 0. The molecule has 88 valence electrons. The van der Waals surface area contributed by atoms with Gasteiger partial charge in [-0.3, -0.25) is 4.68 Å². The third-order valence-corrected chi connectivity index (χ3v) is 2.94. The summed E-state index contributed by atoms with van der Waals surface area (Å²) in [5, 5.41) is 4.80. The quantitative estimate of drug-likeness (QED) is 0.776. The van der Waals surface area contributed by atoms with Crippen molar-refractivity contribution < 1.29 is 9.53 Å². The number of pyridine rings is 1.